The zero-order valence-corrected chi connectivity index (χ0v) is 61.3. The van der Waals surface area contributed by atoms with E-state index >= 15 is 0 Å². The lowest BCUT2D eigenvalue weighted by molar-refractivity contribution is -0.143. The summed E-state index contributed by atoms with van der Waals surface area (Å²) < 4.78 is 0. The number of aliphatic carboxylic acids is 3. The summed E-state index contributed by atoms with van der Waals surface area (Å²) in [6, 6.07) is 12.6. The average Bonchev–Trinajstić information content (AvgIpc) is 1.62. The normalized spacial score (nSPS) is 15.4. The molecule has 1 heterocycles. The number of carbonyl (C=O) groups is 15. The van der Waals surface area contributed by atoms with Crippen molar-refractivity contribution in [2.75, 3.05) is 19.8 Å². The summed E-state index contributed by atoms with van der Waals surface area (Å²) in [4.78, 5) is 206. The van der Waals surface area contributed by atoms with Gasteiger partial charge in [-0.1, -0.05) is 111 Å². The highest BCUT2D eigenvalue weighted by molar-refractivity contribution is 6.00. The zero-order chi connectivity index (χ0) is 82.3. The van der Waals surface area contributed by atoms with E-state index in [0.717, 1.165) is 4.90 Å². The molecule has 12 atom stereocenters. The number of carbonyl (C=O) groups excluding carboxylic acids is 12. The average molecular weight is 1560 g/mol. The van der Waals surface area contributed by atoms with E-state index < -0.39 is 219 Å². The standard InChI is InChI=1S/C76H95N13O23/c1-41(2)32-53(68(103)86-58(76(111)112)37-43-12-7-4-8-13-43)82-67(102)51(27-29-62(78)95)79-66(101)52(28-30-63(96)97)80-69(104)56(35-45-17-23-48(93)24-18-45)84-71(106)57(36-46-19-25-49(94)26-20-46)85-74(109)61-14-9-31-89(61)75(110)60(40-91)88-73(108)59(39-90)87-72(107)55(33-42-10-5-3-6-11-42)83-70(105)54(34-44-15-21-47(92)22-16-44)81-65(100)50(77)38-64(98)99/h3-8,10-13,15-26,41,50-61,90-94H,9,14,27-40,77H2,1-2H3,(H2,78,95)(H,79,101)(H,80,104)(H,81,100)(H,82,102)(H,83,105)(H,84,106)(H,85,109)(H,86,103)(H,87,107)(H,88,108)(H,96,97)(H,98,99)(H,111,112)/t50-,51-,52-,53-,54-,55-,56-,57-,58-,59-,60-,61-/m0/s1. The second-order valence-electron chi connectivity index (χ2n) is 27.3. The van der Waals surface area contributed by atoms with E-state index in [1.165, 1.54) is 72.8 Å². The Bertz CT molecular complexity index is 4100. The van der Waals surface area contributed by atoms with Crippen LogP contribution in [0.25, 0.3) is 0 Å². The summed E-state index contributed by atoms with van der Waals surface area (Å²) in [6.07, 6.45) is -4.86. The van der Waals surface area contributed by atoms with Crippen LogP contribution in [0.4, 0.5) is 0 Å². The SMILES string of the molecule is CC(C)C[C@H](NC(=O)[C@H](CCC(N)=O)NC(=O)[C@H](CCC(=O)O)NC(=O)[C@H](Cc1ccc(O)cc1)NC(=O)[C@H](Cc1ccc(O)cc1)NC(=O)[C@@H]1CCCN1C(=O)[C@H](CO)NC(=O)[C@H](CO)NC(=O)[C@H](Cc1ccccc1)NC(=O)[C@H](Cc1ccc(O)cc1)NC(=O)[C@@H](N)CC(=O)O)C(=O)N[C@@H](Cc1ccccc1)C(=O)O. The number of amides is 12. The van der Waals surface area contributed by atoms with E-state index in [1.54, 1.807) is 74.5 Å². The van der Waals surface area contributed by atoms with Crippen molar-refractivity contribution >= 4 is 88.8 Å². The van der Waals surface area contributed by atoms with E-state index in [9.17, 15) is 113 Å². The first-order valence-corrected chi connectivity index (χ1v) is 35.9. The van der Waals surface area contributed by atoms with Crippen LogP contribution < -0.4 is 64.6 Å². The topological polar surface area (TPSA) is 593 Å². The highest BCUT2D eigenvalue weighted by atomic mass is 16.4. The van der Waals surface area contributed by atoms with Gasteiger partial charge in [0.2, 0.25) is 70.9 Å². The first-order chi connectivity index (χ1) is 53.2. The van der Waals surface area contributed by atoms with E-state index in [2.05, 4.69) is 53.2 Å². The Morgan fingerprint density at radius 2 is 0.732 bits per heavy atom. The molecule has 0 bridgehead atoms. The zero-order valence-electron chi connectivity index (χ0n) is 61.3. The van der Waals surface area contributed by atoms with Crippen molar-refractivity contribution in [3.63, 3.8) is 0 Å². The number of primary amides is 1. The molecule has 0 aliphatic carbocycles. The molecule has 1 saturated heterocycles. The van der Waals surface area contributed by atoms with Crippen LogP contribution >= 0.6 is 0 Å². The number of nitrogens with zero attached hydrogens (tertiary/aromatic N) is 1. The second kappa shape index (κ2) is 43.6. The number of hydrogen-bond donors (Lipinski definition) is 20. The number of phenols is 3. The van der Waals surface area contributed by atoms with Gasteiger partial charge in [-0.05, 0) is 102 Å². The van der Waals surface area contributed by atoms with Crippen molar-refractivity contribution in [3.8, 4) is 17.2 Å². The van der Waals surface area contributed by atoms with Crippen LogP contribution in [0.5, 0.6) is 17.2 Å². The third-order valence-electron chi connectivity index (χ3n) is 18.0. The number of nitrogens with one attached hydrogen (secondary N) is 10. The number of benzene rings is 5. The van der Waals surface area contributed by atoms with Gasteiger partial charge >= 0.3 is 17.9 Å². The molecule has 0 radical (unpaired) electrons. The molecule has 22 N–H and O–H groups in total. The van der Waals surface area contributed by atoms with Crippen molar-refractivity contribution < 1.29 is 113 Å². The molecule has 5 aromatic rings. The highest BCUT2D eigenvalue weighted by Crippen LogP contribution is 2.22. The smallest absolute Gasteiger partial charge is 0.326 e. The number of hydrogen-bond acceptors (Lipinski definition) is 21. The summed E-state index contributed by atoms with van der Waals surface area (Å²) >= 11 is 0. The molecule has 0 aromatic heterocycles. The quantitative estimate of drug-likeness (QED) is 0.0187. The van der Waals surface area contributed by atoms with Gasteiger partial charge in [-0.2, -0.15) is 0 Å². The molecule has 5 aromatic carbocycles. The largest absolute Gasteiger partial charge is 0.508 e. The van der Waals surface area contributed by atoms with Gasteiger partial charge in [-0.25, -0.2) is 4.79 Å². The van der Waals surface area contributed by atoms with Gasteiger partial charge in [0, 0.05) is 51.5 Å². The highest BCUT2D eigenvalue weighted by Gasteiger charge is 2.42. The van der Waals surface area contributed by atoms with Gasteiger partial charge in [-0.3, -0.25) is 67.1 Å². The molecule has 1 aliphatic rings. The number of nitrogens with two attached hydrogens (primary N) is 2. The number of carboxylic acids is 3. The second-order valence-corrected chi connectivity index (χ2v) is 27.3. The summed E-state index contributed by atoms with van der Waals surface area (Å²) in [5.74, 6) is -17.9. The maximum atomic E-state index is 15.0. The van der Waals surface area contributed by atoms with Gasteiger partial charge in [0.1, 0.15) is 83.7 Å². The number of aliphatic hydroxyl groups excluding tert-OH is 2. The molecule has 0 spiro atoms. The lowest BCUT2D eigenvalue weighted by Crippen LogP contribution is -2.62. The maximum absolute atomic E-state index is 15.0. The van der Waals surface area contributed by atoms with Gasteiger partial charge < -0.3 is 110 Å². The van der Waals surface area contributed by atoms with Crippen LogP contribution in [0.1, 0.15) is 93.0 Å². The molecular formula is C76H95N13O23. The van der Waals surface area contributed by atoms with Crippen LogP contribution in [0.3, 0.4) is 0 Å². The Labute approximate surface area is 642 Å². The van der Waals surface area contributed by atoms with Crippen LogP contribution in [-0.2, 0) is 104 Å². The lowest BCUT2D eigenvalue weighted by Gasteiger charge is -2.30. The maximum Gasteiger partial charge on any atom is 0.326 e. The molecule has 6 rings (SSSR count). The number of aromatic hydroxyl groups is 3. The minimum Gasteiger partial charge on any atom is -0.508 e. The van der Waals surface area contributed by atoms with Crippen molar-refractivity contribution in [2.24, 2.45) is 17.4 Å². The van der Waals surface area contributed by atoms with Crippen molar-refractivity contribution in [1.82, 2.24) is 58.1 Å². The van der Waals surface area contributed by atoms with Crippen LogP contribution in [-0.4, -0.2) is 227 Å². The Balaban J connectivity index is 1.22. The van der Waals surface area contributed by atoms with Gasteiger partial charge in [0.25, 0.3) is 0 Å². The Kier molecular flexibility index (Phi) is 34.4. The first-order valence-electron chi connectivity index (χ1n) is 35.9. The lowest BCUT2D eigenvalue weighted by atomic mass is 10.00. The van der Waals surface area contributed by atoms with E-state index in [-0.39, 0.29) is 73.8 Å². The van der Waals surface area contributed by atoms with E-state index in [4.69, 9.17) is 11.5 Å². The molecule has 12 amide bonds. The monoisotopic (exact) mass is 1560 g/mol. The van der Waals surface area contributed by atoms with Crippen molar-refractivity contribution in [1.29, 1.82) is 0 Å². The Hall–Kier alpha value is -12.6. The molecule has 36 nitrogen and oxygen atoms in total. The summed E-state index contributed by atoms with van der Waals surface area (Å²) in [5, 5.41) is 105. The summed E-state index contributed by atoms with van der Waals surface area (Å²) in [6.45, 7) is 0.957. The van der Waals surface area contributed by atoms with Gasteiger partial charge in [0.15, 0.2) is 0 Å². The minimum atomic E-state index is -1.91. The number of likely N-dealkylation sites (tertiary alicyclic amines) is 1. The predicted octanol–water partition coefficient (Wildman–Crippen LogP) is -2.80. The minimum absolute atomic E-state index is 0.0633. The summed E-state index contributed by atoms with van der Waals surface area (Å²) in [7, 11) is 0. The van der Waals surface area contributed by atoms with Crippen LogP contribution in [0.15, 0.2) is 133 Å². The van der Waals surface area contributed by atoms with Crippen molar-refractivity contribution in [3.05, 3.63) is 161 Å². The fourth-order valence-corrected chi connectivity index (χ4v) is 12.0. The molecular weight excluding hydrogens is 1460 g/mol. The molecule has 602 valence electrons. The first kappa shape index (κ1) is 88.3. The fourth-order valence-electron chi connectivity index (χ4n) is 12.0. The number of aliphatic hydroxyl groups is 2. The molecule has 1 fully saturated rings. The summed E-state index contributed by atoms with van der Waals surface area (Å²) in [5.41, 5.74) is 13.3. The number of carboxylic acid groups (broad SMARTS) is 3. The molecule has 1 aliphatic heterocycles. The predicted molar refractivity (Wildman–Crippen MR) is 397 cm³/mol. The van der Waals surface area contributed by atoms with Gasteiger partial charge in [-0.15, -0.1) is 0 Å². The van der Waals surface area contributed by atoms with E-state index in [1.807, 2.05) is 0 Å². The fraction of sp³-hybridized carbons (Fsp3) is 0.408. The molecule has 112 heavy (non-hydrogen) atoms. The third-order valence-corrected chi connectivity index (χ3v) is 18.0. The molecule has 0 saturated carbocycles. The molecule has 36 heteroatoms. The van der Waals surface area contributed by atoms with E-state index in [0.29, 0.717) is 22.3 Å². The van der Waals surface area contributed by atoms with Crippen LogP contribution in [0.2, 0.25) is 0 Å². The molecule has 0 unspecified atom stereocenters. The Morgan fingerprint density at radius 1 is 0.402 bits per heavy atom. The number of phenolic OH excluding ortho intramolecular Hbond substituents is 3. The number of rotatable bonds is 44. The van der Waals surface area contributed by atoms with Crippen LogP contribution in [0, 0.1) is 5.92 Å². The van der Waals surface area contributed by atoms with Crippen molar-refractivity contribution in [2.45, 2.75) is 170 Å². The third kappa shape index (κ3) is 28.8. The Morgan fingerprint density at radius 3 is 1.12 bits per heavy atom. The van der Waals surface area contributed by atoms with Gasteiger partial charge in [0.05, 0.1) is 25.7 Å².